The van der Waals surface area contributed by atoms with E-state index >= 15 is 0 Å². The van der Waals surface area contributed by atoms with Crippen LogP contribution in [0.5, 0.6) is 0 Å². The number of imidazole rings is 1. The van der Waals surface area contributed by atoms with Crippen LogP contribution in [-0.2, 0) is 6.54 Å². The number of fused-ring (bicyclic) bond motifs is 1. The van der Waals surface area contributed by atoms with E-state index in [0.29, 0.717) is 12.5 Å². The Labute approximate surface area is 119 Å². The molecule has 5 nitrogen and oxygen atoms in total. The van der Waals surface area contributed by atoms with E-state index in [1.54, 1.807) is 0 Å². The summed E-state index contributed by atoms with van der Waals surface area (Å²) in [6.45, 7) is 4.50. The molecular formula is C15H22N4O. The number of rotatable bonds is 3. The van der Waals surface area contributed by atoms with Crippen molar-refractivity contribution in [1.29, 1.82) is 0 Å². The summed E-state index contributed by atoms with van der Waals surface area (Å²) in [4.78, 5) is 6.96. The minimum Gasteiger partial charge on any atom is -0.391 e. The number of β-amino-alcohol motifs (C(OH)–C–C–N with tert-alkyl or cyclic N) is 1. The molecule has 2 atom stereocenters. The van der Waals surface area contributed by atoms with Crippen LogP contribution in [0.4, 0.5) is 5.82 Å². The van der Waals surface area contributed by atoms with E-state index in [0.717, 1.165) is 36.7 Å². The van der Waals surface area contributed by atoms with E-state index in [4.69, 9.17) is 4.98 Å². The maximum atomic E-state index is 10.1. The third kappa shape index (κ3) is 2.27. The minimum absolute atomic E-state index is 0.268. The quantitative estimate of drug-likeness (QED) is 0.885. The second-order valence-electron chi connectivity index (χ2n) is 5.62. The van der Waals surface area contributed by atoms with Crippen LogP contribution in [0.3, 0.4) is 0 Å². The first-order chi connectivity index (χ1) is 9.70. The van der Waals surface area contributed by atoms with Gasteiger partial charge in [0.15, 0.2) is 5.82 Å². The van der Waals surface area contributed by atoms with Crippen molar-refractivity contribution in [3.63, 3.8) is 0 Å². The van der Waals surface area contributed by atoms with E-state index in [-0.39, 0.29) is 6.10 Å². The maximum Gasteiger partial charge on any atom is 0.152 e. The number of piperidine rings is 1. The molecule has 0 amide bonds. The number of hydrogen-bond acceptors (Lipinski definition) is 4. The highest BCUT2D eigenvalue weighted by Gasteiger charge is 2.27. The smallest absolute Gasteiger partial charge is 0.152 e. The molecule has 1 aliphatic rings. The van der Waals surface area contributed by atoms with Gasteiger partial charge in [-0.25, -0.2) is 4.98 Å². The molecular weight excluding hydrogens is 252 g/mol. The zero-order valence-corrected chi connectivity index (χ0v) is 12.1. The molecule has 0 aromatic carbocycles. The molecule has 1 saturated heterocycles. The molecule has 2 N–H and O–H groups in total. The fraction of sp³-hybridized carbons (Fsp3) is 0.533. The molecule has 20 heavy (non-hydrogen) atoms. The van der Waals surface area contributed by atoms with Gasteiger partial charge in [0.05, 0.1) is 11.8 Å². The first-order valence-corrected chi connectivity index (χ1v) is 7.24. The number of hydrogen-bond donors (Lipinski definition) is 2. The Morgan fingerprint density at radius 3 is 3.05 bits per heavy atom. The van der Waals surface area contributed by atoms with Crippen LogP contribution in [-0.4, -0.2) is 40.7 Å². The van der Waals surface area contributed by atoms with Crippen molar-refractivity contribution < 1.29 is 5.11 Å². The van der Waals surface area contributed by atoms with Gasteiger partial charge < -0.3 is 19.7 Å². The van der Waals surface area contributed by atoms with Crippen molar-refractivity contribution in [2.24, 2.45) is 5.92 Å². The summed E-state index contributed by atoms with van der Waals surface area (Å²) in [5, 5.41) is 13.3. The molecule has 108 valence electrons. The highest BCUT2D eigenvalue weighted by molar-refractivity contribution is 5.56. The Kier molecular flexibility index (Phi) is 3.63. The topological polar surface area (TPSA) is 52.8 Å². The predicted molar refractivity (Wildman–Crippen MR) is 80.0 cm³/mol. The lowest BCUT2D eigenvalue weighted by molar-refractivity contribution is 0.102. The number of nitrogens with zero attached hydrogens (tertiary/aromatic N) is 3. The zero-order chi connectivity index (χ0) is 14.1. The van der Waals surface area contributed by atoms with Crippen LogP contribution in [0.15, 0.2) is 24.4 Å². The van der Waals surface area contributed by atoms with E-state index in [1.807, 2.05) is 31.4 Å². The fourth-order valence-corrected chi connectivity index (χ4v) is 2.86. The average molecular weight is 274 g/mol. The third-order valence-corrected chi connectivity index (χ3v) is 4.17. The van der Waals surface area contributed by atoms with Gasteiger partial charge in [0.25, 0.3) is 0 Å². The van der Waals surface area contributed by atoms with Crippen LogP contribution in [0.2, 0.25) is 0 Å². The van der Waals surface area contributed by atoms with Crippen LogP contribution >= 0.6 is 0 Å². The van der Waals surface area contributed by atoms with Crippen LogP contribution in [0, 0.1) is 5.92 Å². The molecule has 3 heterocycles. The molecule has 0 spiro atoms. The van der Waals surface area contributed by atoms with Crippen molar-refractivity contribution in [3.8, 4) is 0 Å². The van der Waals surface area contributed by atoms with E-state index in [9.17, 15) is 5.11 Å². The van der Waals surface area contributed by atoms with E-state index < -0.39 is 0 Å². The third-order valence-electron chi connectivity index (χ3n) is 4.17. The lowest BCUT2D eigenvalue weighted by Crippen LogP contribution is -2.43. The first-order valence-electron chi connectivity index (χ1n) is 7.24. The van der Waals surface area contributed by atoms with Gasteiger partial charge in [-0.1, -0.05) is 13.0 Å². The van der Waals surface area contributed by atoms with Crippen LogP contribution in [0.25, 0.3) is 5.65 Å². The summed E-state index contributed by atoms with van der Waals surface area (Å²) >= 11 is 0. The Bertz CT molecular complexity index is 595. The number of anilines is 1. The molecule has 2 aromatic rings. The number of aromatic nitrogens is 2. The summed E-state index contributed by atoms with van der Waals surface area (Å²) in [7, 11) is 1.94. The van der Waals surface area contributed by atoms with Gasteiger partial charge in [0.1, 0.15) is 5.65 Å². The minimum atomic E-state index is -0.268. The Balaban J connectivity index is 1.99. The molecule has 2 unspecified atom stereocenters. The second-order valence-corrected chi connectivity index (χ2v) is 5.62. The molecule has 1 fully saturated rings. The lowest BCUT2D eigenvalue weighted by atomic mass is 9.96. The fourth-order valence-electron chi connectivity index (χ4n) is 2.86. The van der Waals surface area contributed by atoms with Gasteiger partial charge in [-0.2, -0.15) is 0 Å². The SMILES string of the molecule is CNCc1c(N2CCC(C)C(O)C2)nc2ccccn12. The molecule has 0 radical (unpaired) electrons. The average Bonchev–Trinajstić information content (AvgIpc) is 2.82. The number of aliphatic hydroxyl groups excluding tert-OH is 1. The normalized spacial score (nSPS) is 23.4. The summed E-state index contributed by atoms with van der Waals surface area (Å²) in [5.41, 5.74) is 2.12. The van der Waals surface area contributed by atoms with Crippen molar-refractivity contribution in [2.45, 2.75) is 26.0 Å². The van der Waals surface area contributed by atoms with Crippen LogP contribution in [0.1, 0.15) is 19.0 Å². The molecule has 2 aromatic heterocycles. The molecule has 1 aliphatic heterocycles. The van der Waals surface area contributed by atoms with Crippen molar-refractivity contribution in [2.75, 3.05) is 25.0 Å². The monoisotopic (exact) mass is 274 g/mol. The highest BCUT2D eigenvalue weighted by atomic mass is 16.3. The molecule has 0 bridgehead atoms. The second kappa shape index (κ2) is 5.42. The maximum absolute atomic E-state index is 10.1. The standard InChI is InChI=1S/C15H22N4O/c1-11-6-8-18(10-13(11)20)15-12(9-16-2)19-7-4-3-5-14(19)17-15/h3-5,7,11,13,16,20H,6,8-10H2,1-2H3. The van der Waals surface area contributed by atoms with Gasteiger partial charge in [0, 0.05) is 25.8 Å². The zero-order valence-electron chi connectivity index (χ0n) is 12.1. The summed E-state index contributed by atoms with van der Waals surface area (Å²) in [6.07, 6.45) is 2.78. The molecule has 5 heteroatoms. The van der Waals surface area contributed by atoms with Gasteiger partial charge in [0.2, 0.25) is 0 Å². The summed E-state index contributed by atoms with van der Waals surface area (Å²) in [5.74, 6) is 1.37. The van der Waals surface area contributed by atoms with Gasteiger partial charge in [-0.15, -0.1) is 0 Å². The predicted octanol–water partition coefficient (Wildman–Crippen LogP) is 1.26. The number of nitrogens with one attached hydrogen (secondary N) is 1. The number of pyridine rings is 1. The molecule has 3 rings (SSSR count). The van der Waals surface area contributed by atoms with E-state index in [1.165, 1.54) is 0 Å². The van der Waals surface area contributed by atoms with Crippen molar-refractivity contribution in [3.05, 3.63) is 30.1 Å². The lowest BCUT2D eigenvalue weighted by Gasteiger charge is -2.35. The Hall–Kier alpha value is -1.59. The summed E-state index contributed by atoms with van der Waals surface area (Å²) < 4.78 is 2.12. The Morgan fingerprint density at radius 1 is 1.45 bits per heavy atom. The molecule has 0 aliphatic carbocycles. The molecule has 0 saturated carbocycles. The van der Waals surface area contributed by atoms with Crippen molar-refractivity contribution >= 4 is 11.5 Å². The largest absolute Gasteiger partial charge is 0.391 e. The van der Waals surface area contributed by atoms with Crippen molar-refractivity contribution in [1.82, 2.24) is 14.7 Å². The van der Waals surface area contributed by atoms with Gasteiger partial charge in [-0.3, -0.25) is 0 Å². The number of aliphatic hydroxyl groups is 1. The van der Waals surface area contributed by atoms with Gasteiger partial charge in [-0.05, 0) is 31.5 Å². The highest BCUT2D eigenvalue weighted by Crippen LogP contribution is 2.26. The summed E-state index contributed by atoms with van der Waals surface area (Å²) in [6, 6.07) is 6.04. The Morgan fingerprint density at radius 2 is 2.30 bits per heavy atom. The first kappa shape index (κ1) is 13.4. The van der Waals surface area contributed by atoms with E-state index in [2.05, 4.69) is 21.5 Å². The van der Waals surface area contributed by atoms with Crippen LogP contribution < -0.4 is 10.2 Å². The van der Waals surface area contributed by atoms with Gasteiger partial charge >= 0.3 is 0 Å².